The van der Waals surface area contributed by atoms with E-state index in [1.807, 2.05) is 12.1 Å². The fourth-order valence-corrected chi connectivity index (χ4v) is 2.84. The minimum Gasteiger partial charge on any atom is -0.324 e. The van der Waals surface area contributed by atoms with Crippen LogP contribution in [-0.2, 0) is 0 Å². The summed E-state index contributed by atoms with van der Waals surface area (Å²) in [6, 6.07) is 10.1. The Hall–Kier alpha value is -2.78. The summed E-state index contributed by atoms with van der Waals surface area (Å²) in [6.07, 6.45) is 3.24. The van der Waals surface area contributed by atoms with Gasteiger partial charge in [0.2, 0.25) is 5.95 Å². The Labute approximate surface area is 132 Å². The van der Waals surface area contributed by atoms with Gasteiger partial charge in [0, 0.05) is 11.9 Å². The van der Waals surface area contributed by atoms with Gasteiger partial charge in [-0.05, 0) is 43.2 Å². The van der Waals surface area contributed by atoms with Gasteiger partial charge in [0.1, 0.15) is 21.6 Å². The van der Waals surface area contributed by atoms with Gasteiger partial charge in [-0.3, -0.25) is 0 Å². The first-order valence-corrected chi connectivity index (χ1v) is 7.50. The Kier molecular flexibility index (Phi) is 3.81. The van der Waals surface area contributed by atoms with Gasteiger partial charge < -0.3 is 5.32 Å². The monoisotopic (exact) mass is 307 g/mol. The van der Waals surface area contributed by atoms with Gasteiger partial charge in [0.15, 0.2) is 0 Å². The van der Waals surface area contributed by atoms with Gasteiger partial charge >= 0.3 is 0 Å². The number of rotatable bonds is 3. The molecule has 0 aliphatic rings. The van der Waals surface area contributed by atoms with Crippen LogP contribution in [0.3, 0.4) is 0 Å². The van der Waals surface area contributed by atoms with Gasteiger partial charge in [-0.15, -0.1) is 11.3 Å². The molecule has 2 heterocycles. The first-order valence-electron chi connectivity index (χ1n) is 6.69. The van der Waals surface area contributed by atoms with E-state index in [0.717, 1.165) is 5.69 Å². The molecular weight excluding hydrogens is 294 g/mol. The highest BCUT2D eigenvalue weighted by Gasteiger charge is 2.08. The number of hydrogen-bond acceptors (Lipinski definition) is 6. The molecule has 0 aliphatic heterocycles. The molecule has 0 spiro atoms. The zero-order chi connectivity index (χ0) is 15.5. The van der Waals surface area contributed by atoms with Gasteiger partial charge in [0.25, 0.3) is 0 Å². The van der Waals surface area contributed by atoms with Crippen LogP contribution in [-0.4, -0.2) is 15.0 Å². The number of nitrogens with zero attached hydrogens (tertiary/aromatic N) is 4. The molecule has 6 heteroatoms. The highest BCUT2D eigenvalue weighted by Crippen LogP contribution is 2.24. The van der Waals surface area contributed by atoms with Crippen molar-refractivity contribution in [2.45, 2.75) is 13.8 Å². The van der Waals surface area contributed by atoms with E-state index in [-0.39, 0.29) is 0 Å². The number of anilines is 2. The topological polar surface area (TPSA) is 74.5 Å². The Morgan fingerprint density at radius 2 is 1.91 bits per heavy atom. The second-order valence-electron chi connectivity index (χ2n) is 4.91. The quantitative estimate of drug-likeness (QED) is 0.796. The highest BCUT2D eigenvalue weighted by atomic mass is 32.1. The van der Waals surface area contributed by atoms with E-state index in [2.05, 4.69) is 46.3 Å². The molecule has 1 N–H and O–H groups in total. The molecule has 0 amide bonds. The summed E-state index contributed by atoms with van der Waals surface area (Å²) in [7, 11) is 0. The van der Waals surface area contributed by atoms with Crippen LogP contribution in [0.15, 0.2) is 36.7 Å². The molecule has 0 saturated heterocycles. The SMILES string of the molecule is Cc1cc(C)cc(Nc2nccc(-c3ncc(C#N)s3)n2)c1. The van der Waals surface area contributed by atoms with E-state index >= 15 is 0 Å². The lowest BCUT2D eigenvalue weighted by atomic mass is 10.1. The number of nitriles is 1. The number of thiazole rings is 1. The summed E-state index contributed by atoms with van der Waals surface area (Å²) in [5.41, 5.74) is 4.01. The molecule has 0 bridgehead atoms. The second-order valence-corrected chi connectivity index (χ2v) is 5.94. The van der Waals surface area contributed by atoms with Crippen LogP contribution in [0.25, 0.3) is 10.7 Å². The molecule has 0 aliphatic carbocycles. The van der Waals surface area contributed by atoms with Crippen molar-refractivity contribution < 1.29 is 0 Å². The van der Waals surface area contributed by atoms with E-state index in [9.17, 15) is 0 Å². The van der Waals surface area contributed by atoms with Gasteiger partial charge in [-0.2, -0.15) is 5.26 Å². The van der Waals surface area contributed by atoms with Crippen LogP contribution in [0.5, 0.6) is 0 Å². The van der Waals surface area contributed by atoms with E-state index in [4.69, 9.17) is 5.26 Å². The van der Waals surface area contributed by atoms with Crippen molar-refractivity contribution in [1.82, 2.24) is 15.0 Å². The summed E-state index contributed by atoms with van der Waals surface area (Å²) in [5.74, 6) is 0.510. The number of aromatic nitrogens is 3. The third-order valence-electron chi connectivity index (χ3n) is 2.97. The zero-order valence-corrected chi connectivity index (χ0v) is 13.0. The van der Waals surface area contributed by atoms with Crippen molar-refractivity contribution in [3.63, 3.8) is 0 Å². The second kappa shape index (κ2) is 5.92. The maximum Gasteiger partial charge on any atom is 0.227 e. The average molecular weight is 307 g/mol. The van der Waals surface area contributed by atoms with E-state index in [1.165, 1.54) is 22.5 Å². The third kappa shape index (κ3) is 3.10. The largest absolute Gasteiger partial charge is 0.324 e. The van der Waals surface area contributed by atoms with E-state index < -0.39 is 0 Å². The Morgan fingerprint density at radius 3 is 2.59 bits per heavy atom. The van der Waals surface area contributed by atoms with Crippen LogP contribution in [0.1, 0.15) is 16.0 Å². The zero-order valence-electron chi connectivity index (χ0n) is 12.2. The van der Waals surface area contributed by atoms with Crippen LogP contribution < -0.4 is 5.32 Å². The molecule has 0 atom stereocenters. The summed E-state index contributed by atoms with van der Waals surface area (Å²) in [4.78, 5) is 13.5. The Balaban J connectivity index is 1.89. The number of nitrogens with one attached hydrogen (secondary N) is 1. The van der Waals surface area contributed by atoms with Crippen molar-refractivity contribution in [3.8, 4) is 16.8 Å². The number of hydrogen-bond donors (Lipinski definition) is 1. The minimum atomic E-state index is 0.510. The fourth-order valence-electron chi connectivity index (χ4n) is 2.16. The molecular formula is C16H13N5S. The van der Waals surface area contributed by atoms with Crippen molar-refractivity contribution >= 4 is 23.0 Å². The summed E-state index contributed by atoms with van der Waals surface area (Å²) in [6.45, 7) is 4.10. The lowest BCUT2D eigenvalue weighted by Gasteiger charge is -2.07. The maximum atomic E-state index is 8.87. The molecule has 3 rings (SSSR count). The lowest BCUT2D eigenvalue weighted by Crippen LogP contribution is -1.98. The maximum absolute atomic E-state index is 8.87. The molecule has 1 aromatic carbocycles. The molecule has 0 fully saturated rings. The standard InChI is InChI=1S/C16H13N5S/c1-10-5-11(2)7-12(6-10)20-16-18-4-3-14(21-16)15-19-9-13(8-17)22-15/h3-7,9H,1-2H3,(H,18,20,21). The lowest BCUT2D eigenvalue weighted by molar-refractivity contribution is 1.16. The predicted octanol–water partition coefficient (Wildman–Crippen LogP) is 3.83. The minimum absolute atomic E-state index is 0.510. The Bertz CT molecular complexity index is 843. The molecule has 2 aromatic heterocycles. The van der Waals surface area contributed by atoms with Gasteiger partial charge in [-0.25, -0.2) is 15.0 Å². The highest BCUT2D eigenvalue weighted by molar-refractivity contribution is 7.15. The first kappa shape index (κ1) is 14.2. The summed E-state index contributed by atoms with van der Waals surface area (Å²) in [5, 5.41) is 12.8. The van der Waals surface area contributed by atoms with Crippen molar-refractivity contribution in [2.75, 3.05) is 5.32 Å². The van der Waals surface area contributed by atoms with Gasteiger partial charge in [0.05, 0.1) is 6.20 Å². The predicted molar refractivity (Wildman–Crippen MR) is 87.1 cm³/mol. The van der Waals surface area contributed by atoms with Crippen molar-refractivity contribution in [1.29, 1.82) is 5.26 Å². The van der Waals surface area contributed by atoms with Crippen molar-refractivity contribution in [2.24, 2.45) is 0 Å². The van der Waals surface area contributed by atoms with Crippen LogP contribution in [0.2, 0.25) is 0 Å². The van der Waals surface area contributed by atoms with Crippen LogP contribution >= 0.6 is 11.3 Å². The molecule has 0 saturated carbocycles. The van der Waals surface area contributed by atoms with E-state index in [0.29, 0.717) is 21.5 Å². The molecule has 22 heavy (non-hydrogen) atoms. The first-order chi connectivity index (χ1) is 10.6. The smallest absolute Gasteiger partial charge is 0.227 e. The summed E-state index contributed by atoms with van der Waals surface area (Å²) < 4.78 is 0. The van der Waals surface area contributed by atoms with E-state index in [1.54, 1.807) is 18.5 Å². The van der Waals surface area contributed by atoms with Crippen LogP contribution in [0, 0.1) is 25.2 Å². The molecule has 108 valence electrons. The third-order valence-corrected chi connectivity index (χ3v) is 3.89. The fraction of sp³-hybridized carbons (Fsp3) is 0.125. The van der Waals surface area contributed by atoms with Gasteiger partial charge in [-0.1, -0.05) is 6.07 Å². The number of aryl methyl sites for hydroxylation is 2. The molecule has 0 radical (unpaired) electrons. The van der Waals surface area contributed by atoms with Crippen LogP contribution in [0.4, 0.5) is 11.6 Å². The van der Waals surface area contributed by atoms with Crippen molar-refractivity contribution in [3.05, 3.63) is 52.7 Å². The molecule has 5 nitrogen and oxygen atoms in total. The Morgan fingerprint density at radius 1 is 1.14 bits per heavy atom. The average Bonchev–Trinajstić information content (AvgIpc) is 2.95. The summed E-state index contributed by atoms with van der Waals surface area (Å²) >= 11 is 1.32. The normalized spacial score (nSPS) is 10.2. The number of benzene rings is 1. The molecule has 3 aromatic rings. The molecule has 0 unspecified atom stereocenters.